The molecule has 0 spiro atoms. The van der Waals surface area contributed by atoms with Gasteiger partial charge in [0, 0.05) is 12.1 Å². The minimum Gasteiger partial charge on any atom is -0.346 e. The molecule has 2 aromatic rings. The fraction of sp³-hybridized carbons (Fsp3) is 0.381. The van der Waals surface area contributed by atoms with Crippen molar-refractivity contribution in [3.8, 4) is 0 Å². The summed E-state index contributed by atoms with van der Waals surface area (Å²) in [6.45, 7) is 2.08. The molecule has 0 bridgehead atoms. The molecule has 0 aromatic heterocycles. The molecular formula is C21H24N2O5S2. The average Bonchev–Trinajstić information content (AvgIpc) is 3.00. The van der Waals surface area contributed by atoms with Crippen molar-refractivity contribution in [2.75, 3.05) is 22.4 Å². The smallest absolute Gasteiger partial charge is 0.264 e. The summed E-state index contributed by atoms with van der Waals surface area (Å²) in [5.74, 6) is -0.563. The van der Waals surface area contributed by atoms with Gasteiger partial charge in [0.2, 0.25) is 0 Å². The molecule has 0 aliphatic carbocycles. The number of sulfone groups is 1. The van der Waals surface area contributed by atoms with Gasteiger partial charge in [0.25, 0.3) is 15.9 Å². The molecule has 1 amide bonds. The number of para-hydroxylation sites is 1. The molecule has 2 aromatic carbocycles. The Morgan fingerprint density at radius 3 is 2.63 bits per heavy atom. The molecule has 0 unspecified atom stereocenters. The lowest BCUT2D eigenvalue weighted by Crippen LogP contribution is -2.47. The summed E-state index contributed by atoms with van der Waals surface area (Å²) in [6.07, 6.45) is 1.89. The van der Waals surface area contributed by atoms with Gasteiger partial charge in [0.1, 0.15) is 0 Å². The highest BCUT2D eigenvalue weighted by atomic mass is 32.2. The van der Waals surface area contributed by atoms with E-state index in [1.807, 2.05) is 18.2 Å². The van der Waals surface area contributed by atoms with Crippen LogP contribution in [0.5, 0.6) is 0 Å². The zero-order chi connectivity index (χ0) is 21.6. The first kappa shape index (κ1) is 20.9. The number of sulfonamides is 1. The Balaban J connectivity index is 1.61. The Kier molecular flexibility index (Phi) is 5.14. The summed E-state index contributed by atoms with van der Waals surface area (Å²) in [6, 6.07) is 13.3. The van der Waals surface area contributed by atoms with Crippen LogP contribution in [0, 0.1) is 0 Å². The summed E-state index contributed by atoms with van der Waals surface area (Å²) in [5.41, 5.74) is 0.988. The molecule has 0 saturated carbocycles. The van der Waals surface area contributed by atoms with E-state index in [1.165, 1.54) is 28.6 Å². The number of nitrogens with one attached hydrogen (secondary N) is 1. The molecule has 9 heteroatoms. The van der Waals surface area contributed by atoms with E-state index in [-0.39, 0.29) is 22.0 Å². The number of carbonyl (C=O) groups is 1. The second-order valence-electron chi connectivity index (χ2n) is 8.19. The van der Waals surface area contributed by atoms with Gasteiger partial charge in [-0.1, -0.05) is 24.3 Å². The van der Waals surface area contributed by atoms with Crippen molar-refractivity contribution in [1.29, 1.82) is 0 Å². The van der Waals surface area contributed by atoms with Crippen LogP contribution in [-0.4, -0.2) is 46.3 Å². The molecule has 0 radical (unpaired) electrons. The Morgan fingerprint density at radius 1 is 1.13 bits per heavy atom. The predicted octanol–water partition coefficient (Wildman–Crippen LogP) is 2.14. The van der Waals surface area contributed by atoms with E-state index in [0.717, 1.165) is 18.4 Å². The minimum atomic E-state index is -3.84. The Labute approximate surface area is 177 Å². The van der Waals surface area contributed by atoms with E-state index in [0.29, 0.717) is 18.7 Å². The number of rotatable bonds is 4. The third-order valence-corrected chi connectivity index (χ3v) is 9.38. The van der Waals surface area contributed by atoms with Gasteiger partial charge >= 0.3 is 0 Å². The predicted molar refractivity (Wildman–Crippen MR) is 115 cm³/mol. The topological polar surface area (TPSA) is 101 Å². The summed E-state index contributed by atoms with van der Waals surface area (Å²) in [4.78, 5) is 12.8. The maximum absolute atomic E-state index is 13.3. The number of hydrogen-bond acceptors (Lipinski definition) is 5. The van der Waals surface area contributed by atoms with Crippen LogP contribution in [0.15, 0.2) is 53.4 Å². The van der Waals surface area contributed by atoms with Crippen LogP contribution in [0.25, 0.3) is 0 Å². The van der Waals surface area contributed by atoms with Crippen LogP contribution in [0.1, 0.15) is 35.7 Å². The number of hydrogen-bond donors (Lipinski definition) is 1. The molecule has 2 aliphatic heterocycles. The largest absolute Gasteiger partial charge is 0.346 e. The van der Waals surface area contributed by atoms with Crippen molar-refractivity contribution in [3.63, 3.8) is 0 Å². The number of fused-ring (bicyclic) bond motifs is 1. The zero-order valence-electron chi connectivity index (χ0n) is 16.7. The van der Waals surface area contributed by atoms with Crippen LogP contribution in [0.3, 0.4) is 0 Å². The Morgan fingerprint density at radius 2 is 1.90 bits per heavy atom. The minimum absolute atomic E-state index is 0.0343. The molecule has 2 heterocycles. The zero-order valence-corrected chi connectivity index (χ0v) is 18.3. The van der Waals surface area contributed by atoms with Crippen LogP contribution in [-0.2, 0) is 26.3 Å². The van der Waals surface area contributed by atoms with Gasteiger partial charge in [-0.25, -0.2) is 16.8 Å². The van der Waals surface area contributed by atoms with E-state index in [1.54, 1.807) is 13.0 Å². The van der Waals surface area contributed by atoms with Gasteiger partial charge in [0.15, 0.2) is 9.84 Å². The van der Waals surface area contributed by atoms with Crippen molar-refractivity contribution < 1.29 is 21.6 Å². The summed E-state index contributed by atoms with van der Waals surface area (Å²) >= 11 is 0. The highest BCUT2D eigenvalue weighted by Crippen LogP contribution is 2.32. The maximum Gasteiger partial charge on any atom is 0.264 e. The van der Waals surface area contributed by atoms with Gasteiger partial charge in [-0.3, -0.25) is 9.10 Å². The van der Waals surface area contributed by atoms with Crippen LogP contribution >= 0.6 is 0 Å². The van der Waals surface area contributed by atoms with Crippen molar-refractivity contribution >= 4 is 31.5 Å². The Bertz CT molecular complexity index is 1210. The van der Waals surface area contributed by atoms with E-state index in [2.05, 4.69) is 5.32 Å². The summed E-state index contributed by atoms with van der Waals surface area (Å²) in [5, 5.41) is 2.77. The van der Waals surface area contributed by atoms with Crippen molar-refractivity contribution in [2.24, 2.45) is 0 Å². The maximum atomic E-state index is 13.3. The lowest BCUT2D eigenvalue weighted by Gasteiger charge is -2.30. The van der Waals surface area contributed by atoms with E-state index in [9.17, 15) is 21.6 Å². The number of benzene rings is 2. The highest BCUT2D eigenvalue weighted by molar-refractivity contribution is 7.93. The van der Waals surface area contributed by atoms with Gasteiger partial charge < -0.3 is 5.32 Å². The first-order chi connectivity index (χ1) is 14.1. The van der Waals surface area contributed by atoms with Crippen LogP contribution < -0.4 is 9.62 Å². The average molecular weight is 449 g/mol. The van der Waals surface area contributed by atoms with Crippen molar-refractivity contribution in [1.82, 2.24) is 5.32 Å². The van der Waals surface area contributed by atoms with E-state index >= 15 is 0 Å². The third-order valence-electron chi connectivity index (χ3n) is 5.67. The molecule has 1 saturated heterocycles. The number of anilines is 1. The number of aryl methyl sites for hydroxylation is 1. The molecule has 2 aliphatic rings. The highest BCUT2D eigenvalue weighted by Gasteiger charge is 2.39. The molecular weight excluding hydrogens is 424 g/mol. The SMILES string of the molecule is C[C@@]1(NC(=O)c2cccc(S(=O)(=O)N3CCCc4ccccc43)c2)CCS(=O)(=O)C1. The van der Waals surface area contributed by atoms with Gasteiger partial charge in [-0.05, 0) is 56.0 Å². The fourth-order valence-corrected chi connectivity index (χ4v) is 7.81. The van der Waals surface area contributed by atoms with Crippen LogP contribution in [0.2, 0.25) is 0 Å². The van der Waals surface area contributed by atoms with Crippen molar-refractivity contribution in [2.45, 2.75) is 36.6 Å². The van der Waals surface area contributed by atoms with E-state index < -0.39 is 31.3 Å². The monoisotopic (exact) mass is 448 g/mol. The summed E-state index contributed by atoms with van der Waals surface area (Å²) < 4.78 is 51.6. The molecule has 160 valence electrons. The lowest BCUT2D eigenvalue weighted by atomic mass is 10.0. The molecule has 1 fully saturated rings. The molecule has 30 heavy (non-hydrogen) atoms. The number of nitrogens with zero attached hydrogens (tertiary/aromatic N) is 1. The molecule has 4 rings (SSSR count). The molecule has 1 N–H and O–H groups in total. The quantitative estimate of drug-likeness (QED) is 0.772. The first-order valence-electron chi connectivity index (χ1n) is 9.83. The van der Waals surface area contributed by atoms with Crippen molar-refractivity contribution in [3.05, 3.63) is 59.7 Å². The van der Waals surface area contributed by atoms with Gasteiger partial charge in [-0.15, -0.1) is 0 Å². The third kappa shape index (κ3) is 3.96. The summed E-state index contributed by atoms with van der Waals surface area (Å²) in [7, 11) is -7.01. The standard InChI is InChI=1S/C21H24N2O5S2/c1-21(11-13-29(25,26)15-21)22-20(24)17-7-4-9-18(14-17)30(27,28)23-12-5-8-16-6-2-3-10-19(16)23/h2-4,6-7,9-10,14H,5,8,11-13,15H2,1H3,(H,22,24)/t21-/m1/s1. The fourth-order valence-electron chi connectivity index (χ4n) is 4.13. The van der Waals surface area contributed by atoms with E-state index in [4.69, 9.17) is 0 Å². The normalized spacial score (nSPS) is 23.0. The second-order valence-corrected chi connectivity index (χ2v) is 12.2. The number of amides is 1. The first-order valence-corrected chi connectivity index (χ1v) is 13.1. The van der Waals surface area contributed by atoms with Gasteiger partial charge in [-0.2, -0.15) is 0 Å². The Hall–Kier alpha value is -2.39. The second kappa shape index (κ2) is 7.39. The van der Waals surface area contributed by atoms with Gasteiger partial charge in [0.05, 0.1) is 27.6 Å². The molecule has 7 nitrogen and oxygen atoms in total. The number of carbonyl (C=O) groups excluding carboxylic acids is 1. The van der Waals surface area contributed by atoms with Crippen LogP contribution in [0.4, 0.5) is 5.69 Å². The lowest BCUT2D eigenvalue weighted by molar-refractivity contribution is 0.0915. The molecule has 1 atom stereocenters.